The third kappa shape index (κ3) is 3.99. The van der Waals surface area contributed by atoms with Crippen molar-refractivity contribution in [2.45, 2.75) is 0 Å². The Morgan fingerprint density at radius 3 is 2.43 bits per heavy atom. The van der Waals surface area contributed by atoms with Crippen LogP contribution in [0.2, 0.25) is 10.0 Å². The molecule has 0 atom stereocenters. The maximum atomic E-state index is 11.9. The topological polar surface area (TPSA) is 44.8 Å². The van der Waals surface area contributed by atoms with Gasteiger partial charge in [-0.1, -0.05) is 39.1 Å². The van der Waals surface area contributed by atoms with E-state index in [1.54, 1.807) is 24.3 Å². The van der Waals surface area contributed by atoms with Gasteiger partial charge < -0.3 is 14.2 Å². The number of fused-ring (bicyclic) bond motifs is 1. The van der Waals surface area contributed by atoms with Crippen molar-refractivity contribution in [1.82, 2.24) is 0 Å². The number of carbonyl (C=O) groups is 1. The van der Waals surface area contributed by atoms with Gasteiger partial charge in [-0.2, -0.15) is 0 Å². The summed E-state index contributed by atoms with van der Waals surface area (Å²) in [6.45, 7) is 0.187. The molecule has 0 aliphatic carbocycles. The minimum atomic E-state index is -0.548. The third-order valence-corrected chi connectivity index (χ3v) is 4.07. The maximum absolute atomic E-state index is 11.9. The van der Waals surface area contributed by atoms with Gasteiger partial charge in [-0.05, 0) is 42.0 Å². The van der Waals surface area contributed by atoms with E-state index in [0.717, 1.165) is 10.0 Å². The lowest BCUT2D eigenvalue weighted by Crippen LogP contribution is -2.03. The highest BCUT2D eigenvalue weighted by molar-refractivity contribution is 9.10. The predicted octanol–water partition coefficient (Wildman–Crippen LogP) is 5.10. The minimum Gasteiger partial charge on any atom is -0.454 e. The van der Waals surface area contributed by atoms with E-state index in [1.807, 2.05) is 0 Å². The van der Waals surface area contributed by atoms with Crippen LogP contribution in [0.4, 0.5) is 0 Å². The highest BCUT2D eigenvalue weighted by atomic mass is 79.9. The molecule has 23 heavy (non-hydrogen) atoms. The Bertz CT molecular complexity index is 785. The van der Waals surface area contributed by atoms with Crippen molar-refractivity contribution in [1.29, 1.82) is 0 Å². The number of esters is 1. The normalized spacial score (nSPS) is 12.7. The first-order valence-corrected chi connectivity index (χ1v) is 8.01. The number of rotatable bonds is 3. The van der Waals surface area contributed by atoms with Crippen molar-refractivity contribution in [2.24, 2.45) is 0 Å². The summed E-state index contributed by atoms with van der Waals surface area (Å²) in [6.07, 6.45) is 2.91. The SMILES string of the molecule is O=C(/C=C/c1cc2c(cc1Br)OCO2)Oc1cc(Cl)cc(Cl)c1. The molecule has 0 fully saturated rings. The molecule has 0 radical (unpaired) electrons. The molecule has 2 aromatic carbocycles. The van der Waals surface area contributed by atoms with Gasteiger partial charge in [0.15, 0.2) is 11.5 Å². The zero-order chi connectivity index (χ0) is 16.4. The standard InChI is InChI=1S/C16H9BrCl2O4/c17-13-7-15-14(21-8-22-15)3-9(13)1-2-16(20)23-12-5-10(18)4-11(19)6-12/h1-7H,8H2/b2-1+. The number of benzene rings is 2. The van der Waals surface area contributed by atoms with Crippen LogP contribution in [0.5, 0.6) is 17.2 Å². The Morgan fingerprint density at radius 2 is 1.74 bits per heavy atom. The number of carbonyl (C=O) groups excluding carboxylic acids is 1. The van der Waals surface area contributed by atoms with Gasteiger partial charge in [-0.25, -0.2) is 4.79 Å². The number of hydrogen-bond donors (Lipinski definition) is 0. The second-order valence-corrected chi connectivity index (χ2v) is 6.31. The van der Waals surface area contributed by atoms with E-state index in [-0.39, 0.29) is 12.5 Å². The van der Waals surface area contributed by atoms with Crippen molar-refractivity contribution in [2.75, 3.05) is 6.79 Å². The average molecular weight is 416 g/mol. The van der Waals surface area contributed by atoms with E-state index in [1.165, 1.54) is 18.2 Å². The molecule has 0 spiro atoms. The zero-order valence-corrected chi connectivity index (χ0v) is 14.6. The van der Waals surface area contributed by atoms with Gasteiger partial charge in [0.05, 0.1) is 0 Å². The highest BCUT2D eigenvalue weighted by Crippen LogP contribution is 2.37. The molecule has 1 aliphatic rings. The number of hydrogen-bond acceptors (Lipinski definition) is 4. The second kappa shape index (κ2) is 6.83. The fourth-order valence-corrected chi connectivity index (χ4v) is 2.92. The van der Waals surface area contributed by atoms with Gasteiger partial charge in [0.1, 0.15) is 5.75 Å². The Kier molecular flexibility index (Phi) is 4.80. The van der Waals surface area contributed by atoms with Crippen molar-refractivity contribution in [3.8, 4) is 17.2 Å². The fraction of sp³-hybridized carbons (Fsp3) is 0.0625. The van der Waals surface area contributed by atoms with Crippen LogP contribution in [-0.4, -0.2) is 12.8 Å². The van der Waals surface area contributed by atoms with Gasteiger partial charge >= 0.3 is 5.97 Å². The van der Waals surface area contributed by atoms with E-state index >= 15 is 0 Å². The van der Waals surface area contributed by atoms with Crippen molar-refractivity contribution in [3.05, 3.63) is 56.5 Å². The molecule has 0 unspecified atom stereocenters. The maximum Gasteiger partial charge on any atom is 0.336 e. The molecule has 3 rings (SSSR count). The molecule has 7 heteroatoms. The summed E-state index contributed by atoms with van der Waals surface area (Å²) in [5.41, 5.74) is 0.760. The molecule has 2 aromatic rings. The summed E-state index contributed by atoms with van der Waals surface area (Å²) in [5.74, 6) is 1.02. The van der Waals surface area contributed by atoms with Gasteiger partial charge in [0.25, 0.3) is 0 Å². The summed E-state index contributed by atoms with van der Waals surface area (Å²) >= 11 is 15.1. The average Bonchev–Trinajstić information content (AvgIpc) is 2.90. The number of ether oxygens (including phenoxy) is 3. The summed E-state index contributed by atoms with van der Waals surface area (Å²) in [7, 11) is 0. The molecule has 0 saturated carbocycles. The van der Waals surface area contributed by atoms with Crippen LogP contribution in [0.25, 0.3) is 6.08 Å². The first kappa shape index (κ1) is 16.2. The molecule has 118 valence electrons. The molecule has 1 heterocycles. The van der Waals surface area contributed by atoms with Crippen molar-refractivity contribution >= 4 is 51.2 Å². The monoisotopic (exact) mass is 414 g/mol. The van der Waals surface area contributed by atoms with Crippen LogP contribution in [-0.2, 0) is 4.79 Å². The lowest BCUT2D eigenvalue weighted by atomic mass is 10.2. The first-order valence-electron chi connectivity index (χ1n) is 6.46. The van der Waals surface area contributed by atoms with E-state index in [0.29, 0.717) is 21.5 Å². The molecule has 0 amide bonds. The van der Waals surface area contributed by atoms with E-state index in [9.17, 15) is 4.79 Å². The fourth-order valence-electron chi connectivity index (χ4n) is 1.96. The van der Waals surface area contributed by atoms with Crippen LogP contribution >= 0.6 is 39.1 Å². The van der Waals surface area contributed by atoms with Gasteiger partial charge in [0.2, 0.25) is 6.79 Å². The van der Waals surface area contributed by atoms with Gasteiger partial charge in [0, 0.05) is 20.6 Å². The summed E-state index contributed by atoms with van der Waals surface area (Å²) in [5, 5.41) is 0.783. The van der Waals surface area contributed by atoms with Crippen LogP contribution < -0.4 is 14.2 Å². The second-order valence-electron chi connectivity index (χ2n) is 4.59. The van der Waals surface area contributed by atoms with Crippen LogP contribution in [0, 0.1) is 0 Å². The molecule has 0 N–H and O–H groups in total. The molecular weight excluding hydrogens is 407 g/mol. The first-order chi connectivity index (χ1) is 11.0. The lowest BCUT2D eigenvalue weighted by Gasteiger charge is -2.04. The van der Waals surface area contributed by atoms with E-state index < -0.39 is 5.97 Å². The largest absolute Gasteiger partial charge is 0.454 e. The minimum absolute atomic E-state index is 0.187. The van der Waals surface area contributed by atoms with Crippen LogP contribution in [0.3, 0.4) is 0 Å². The Morgan fingerprint density at radius 1 is 1.09 bits per heavy atom. The molecule has 4 nitrogen and oxygen atoms in total. The van der Waals surface area contributed by atoms with Gasteiger partial charge in [-0.15, -0.1) is 0 Å². The quantitative estimate of drug-likeness (QED) is 0.397. The molecule has 0 aromatic heterocycles. The summed E-state index contributed by atoms with van der Waals surface area (Å²) in [6, 6.07) is 8.13. The van der Waals surface area contributed by atoms with E-state index in [2.05, 4.69) is 15.9 Å². The van der Waals surface area contributed by atoms with Crippen LogP contribution in [0.1, 0.15) is 5.56 Å². The predicted molar refractivity (Wildman–Crippen MR) is 91.4 cm³/mol. The third-order valence-electron chi connectivity index (χ3n) is 2.95. The van der Waals surface area contributed by atoms with Crippen molar-refractivity contribution in [3.63, 3.8) is 0 Å². The highest BCUT2D eigenvalue weighted by Gasteiger charge is 2.15. The summed E-state index contributed by atoms with van der Waals surface area (Å²) in [4.78, 5) is 11.9. The van der Waals surface area contributed by atoms with Crippen molar-refractivity contribution < 1.29 is 19.0 Å². The Labute approximate surface area is 150 Å². The smallest absolute Gasteiger partial charge is 0.336 e. The molecule has 1 aliphatic heterocycles. The molecule has 0 bridgehead atoms. The summed E-state index contributed by atoms with van der Waals surface area (Å²) < 4.78 is 16.5. The Balaban J connectivity index is 1.74. The van der Waals surface area contributed by atoms with E-state index in [4.69, 9.17) is 37.4 Å². The Hall–Kier alpha value is -1.69. The molecular formula is C16H9BrCl2O4. The lowest BCUT2D eigenvalue weighted by molar-refractivity contribution is -0.128. The molecule has 0 saturated heterocycles. The van der Waals surface area contributed by atoms with Crippen LogP contribution in [0.15, 0.2) is 40.9 Å². The zero-order valence-electron chi connectivity index (χ0n) is 11.5. The number of halogens is 3. The van der Waals surface area contributed by atoms with Gasteiger partial charge in [-0.3, -0.25) is 0 Å².